The van der Waals surface area contributed by atoms with Crippen molar-refractivity contribution in [2.45, 2.75) is 84.0 Å². The average molecular weight is 451 g/mol. The van der Waals surface area contributed by atoms with Gasteiger partial charge in [-0.05, 0) is 62.3 Å². The number of rotatable bonds is 14. The van der Waals surface area contributed by atoms with Crippen LogP contribution in [0.2, 0.25) is 0 Å². The molecule has 0 amide bonds. The van der Waals surface area contributed by atoms with E-state index in [1.165, 1.54) is 49.7 Å². The van der Waals surface area contributed by atoms with Gasteiger partial charge in [0.1, 0.15) is 5.75 Å². The fourth-order valence-electron chi connectivity index (χ4n) is 4.33. The minimum Gasteiger partial charge on any atom is -0.491 e. The number of hydrogen-bond donors (Lipinski definition) is 0. The molecule has 1 aliphatic rings. The van der Waals surface area contributed by atoms with Crippen LogP contribution in [0.1, 0.15) is 83.5 Å². The molecular weight excluding hydrogens is 408 g/mol. The summed E-state index contributed by atoms with van der Waals surface area (Å²) < 4.78 is 18.1. The molecule has 1 aliphatic heterocycles. The largest absolute Gasteiger partial charge is 0.491 e. The Morgan fingerprint density at radius 3 is 2.21 bits per heavy atom. The van der Waals surface area contributed by atoms with Crippen LogP contribution in [0.3, 0.4) is 0 Å². The van der Waals surface area contributed by atoms with Gasteiger partial charge in [-0.25, -0.2) is 0 Å². The maximum atomic E-state index is 6.09. The van der Waals surface area contributed by atoms with Crippen molar-refractivity contribution in [3.8, 4) is 16.9 Å². The molecule has 33 heavy (non-hydrogen) atoms. The van der Waals surface area contributed by atoms with Gasteiger partial charge in [0.2, 0.25) is 0 Å². The van der Waals surface area contributed by atoms with E-state index in [0.717, 1.165) is 43.8 Å². The predicted octanol–water partition coefficient (Wildman–Crippen LogP) is 8.50. The molecule has 0 N–H and O–H groups in total. The van der Waals surface area contributed by atoms with E-state index < -0.39 is 0 Å². The zero-order chi connectivity index (χ0) is 23.3. The van der Waals surface area contributed by atoms with Gasteiger partial charge in [-0.2, -0.15) is 0 Å². The molecular formula is C30H42O3. The second-order valence-corrected chi connectivity index (χ2v) is 9.36. The van der Waals surface area contributed by atoms with E-state index in [9.17, 15) is 0 Å². The molecule has 1 heterocycles. The summed E-state index contributed by atoms with van der Waals surface area (Å²) in [5, 5.41) is 0. The van der Waals surface area contributed by atoms with Crippen LogP contribution in [-0.4, -0.2) is 19.3 Å². The van der Waals surface area contributed by atoms with Crippen LogP contribution in [0.15, 0.2) is 61.2 Å². The van der Waals surface area contributed by atoms with Crippen LogP contribution in [0, 0.1) is 5.92 Å². The lowest BCUT2D eigenvalue weighted by Crippen LogP contribution is -2.27. The van der Waals surface area contributed by atoms with Crippen molar-refractivity contribution in [2.24, 2.45) is 5.92 Å². The number of unbranched alkanes of at least 4 members (excludes halogenated alkanes) is 5. The van der Waals surface area contributed by atoms with Crippen LogP contribution >= 0.6 is 0 Å². The van der Waals surface area contributed by atoms with Gasteiger partial charge in [0.05, 0.1) is 19.3 Å². The van der Waals surface area contributed by atoms with Crippen molar-refractivity contribution in [2.75, 3.05) is 13.2 Å². The molecule has 0 spiro atoms. The molecule has 3 rings (SSSR count). The van der Waals surface area contributed by atoms with Crippen molar-refractivity contribution >= 4 is 0 Å². The van der Waals surface area contributed by atoms with Gasteiger partial charge in [0.15, 0.2) is 6.29 Å². The fraction of sp³-hybridized carbons (Fsp3) is 0.533. The van der Waals surface area contributed by atoms with E-state index in [2.05, 4.69) is 69.0 Å². The highest BCUT2D eigenvalue weighted by Crippen LogP contribution is 2.30. The standard InChI is InChI=1S/C30H42O3/c1-4-6-8-10-12-24(3)33-29-20-18-27(19-21-29)26-14-16-28(17-15-26)30-31-22-25(23-32-30)13-11-9-7-5-2/h5,14-21,24-25,30H,2,4,6-13,22-23H2,1,3H3/t24-,25-,30-/m0/s1. The van der Waals surface area contributed by atoms with E-state index >= 15 is 0 Å². The first-order valence-corrected chi connectivity index (χ1v) is 12.9. The Morgan fingerprint density at radius 2 is 1.58 bits per heavy atom. The Kier molecular flexibility index (Phi) is 11.0. The Bertz CT molecular complexity index is 788. The summed E-state index contributed by atoms with van der Waals surface area (Å²) in [4.78, 5) is 0. The maximum absolute atomic E-state index is 6.09. The lowest BCUT2D eigenvalue weighted by Gasteiger charge is -2.29. The van der Waals surface area contributed by atoms with E-state index in [0.29, 0.717) is 5.92 Å². The average Bonchev–Trinajstić information content (AvgIpc) is 2.86. The molecule has 0 aromatic heterocycles. The maximum Gasteiger partial charge on any atom is 0.183 e. The van der Waals surface area contributed by atoms with Crippen molar-refractivity contribution in [3.63, 3.8) is 0 Å². The van der Waals surface area contributed by atoms with Crippen molar-refractivity contribution < 1.29 is 14.2 Å². The molecule has 0 saturated carbocycles. The Balaban J connectivity index is 1.45. The van der Waals surface area contributed by atoms with E-state index in [4.69, 9.17) is 14.2 Å². The first kappa shape index (κ1) is 25.5. The normalized spacial score (nSPS) is 19.2. The highest BCUT2D eigenvalue weighted by Gasteiger charge is 2.23. The lowest BCUT2D eigenvalue weighted by atomic mass is 10.0. The number of ether oxygens (including phenoxy) is 3. The molecule has 0 aliphatic carbocycles. The SMILES string of the molecule is C=CCCCC[C@H]1CO[C@H](c2ccc(-c3ccc(O[C@@H](C)CCCCCC)cc3)cc2)OC1. The van der Waals surface area contributed by atoms with Gasteiger partial charge in [-0.1, -0.05) is 75.1 Å². The highest BCUT2D eigenvalue weighted by molar-refractivity contribution is 5.64. The third kappa shape index (κ3) is 8.64. The summed E-state index contributed by atoms with van der Waals surface area (Å²) in [6, 6.07) is 17.0. The summed E-state index contributed by atoms with van der Waals surface area (Å²) >= 11 is 0. The molecule has 0 radical (unpaired) electrons. The molecule has 2 aromatic carbocycles. The zero-order valence-corrected chi connectivity index (χ0v) is 20.6. The molecule has 3 nitrogen and oxygen atoms in total. The number of hydrogen-bond acceptors (Lipinski definition) is 3. The number of allylic oxidation sites excluding steroid dienone is 1. The number of benzene rings is 2. The Hall–Kier alpha value is -2.10. The van der Waals surface area contributed by atoms with Gasteiger partial charge in [0.25, 0.3) is 0 Å². The van der Waals surface area contributed by atoms with E-state index in [1.54, 1.807) is 0 Å². The molecule has 1 fully saturated rings. The van der Waals surface area contributed by atoms with Crippen molar-refractivity contribution in [3.05, 3.63) is 66.7 Å². The second-order valence-electron chi connectivity index (χ2n) is 9.36. The first-order chi connectivity index (χ1) is 16.2. The van der Waals surface area contributed by atoms with Crippen molar-refractivity contribution in [1.82, 2.24) is 0 Å². The molecule has 0 unspecified atom stereocenters. The minimum absolute atomic E-state index is 0.252. The Labute approximate surface area is 201 Å². The van der Waals surface area contributed by atoms with Gasteiger partial charge in [-0.15, -0.1) is 6.58 Å². The minimum atomic E-state index is -0.252. The van der Waals surface area contributed by atoms with Gasteiger partial charge in [-0.3, -0.25) is 0 Å². The molecule has 3 heteroatoms. The second kappa shape index (κ2) is 14.2. The third-order valence-corrected chi connectivity index (χ3v) is 6.41. The first-order valence-electron chi connectivity index (χ1n) is 12.9. The topological polar surface area (TPSA) is 27.7 Å². The predicted molar refractivity (Wildman–Crippen MR) is 138 cm³/mol. The quantitative estimate of drug-likeness (QED) is 0.213. The zero-order valence-electron chi connectivity index (χ0n) is 20.6. The van der Waals surface area contributed by atoms with Crippen LogP contribution in [-0.2, 0) is 9.47 Å². The van der Waals surface area contributed by atoms with Gasteiger partial charge >= 0.3 is 0 Å². The van der Waals surface area contributed by atoms with Crippen LogP contribution in [0.25, 0.3) is 11.1 Å². The van der Waals surface area contributed by atoms with Gasteiger partial charge < -0.3 is 14.2 Å². The molecule has 1 saturated heterocycles. The lowest BCUT2D eigenvalue weighted by molar-refractivity contribution is -0.206. The summed E-state index contributed by atoms with van der Waals surface area (Å²) in [5.41, 5.74) is 3.46. The fourth-order valence-corrected chi connectivity index (χ4v) is 4.33. The third-order valence-electron chi connectivity index (χ3n) is 6.41. The van der Waals surface area contributed by atoms with E-state index in [-0.39, 0.29) is 12.4 Å². The summed E-state index contributed by atoms with van der Waals surface area (Å²) in [6.45, 7) is 9.75. The molecule has 1 atom stereocenters. The Morgan fingerprint density at radius 1 is 0.909 bits per heavy atom. The van der Waals surface area contributed by atoms with Crippen molar-refractivity contribution in [1.29, 1.82) is 0 Å². The summed E-state index contributed by atoms with van der Waals surface area (Å²) in [6.07, 6.45) is 12.9. The van der Waals surface area contributed by atoms with Gasteiger partial charge in [0, 0.05) is 11.5 Å². The van der Waals surface area contributed by atoms with Crippen LogP contribution in [0.4, 0.5) is 0 Å². The smallest absolute Gasteiger partial charge is 0.183 e. The summed E-state index contributed by atoms with van der Waals surface area (Å²) in [7, 11) is 0. The molecule has 0 bridgehead atoms. The molecule has 2 aromatic rings. The monoisotopic (exact) mass is 450 g/mol. The summed E-state index contributed by atoms with van der Waals surface area (Å²) in [5.74, 6) is 1.45. The molecule has 180 valence electrons. The highest BCUT2D eigenvalue weighted by atomic mass is 16.7. The van der Waals surface area contributed by atoms with E-state index in [1.807, 2.05) is 6.08 Å². The van der Waals surface area contributed by atoms with Crippen LogP contribution < -0.4 is 4.74 Å². The van der Waals surface area contributed by atoms with Crippen LogP contribution in [0.5, 0.6) is 5.75 Å².